The standard InChI is InChI=1S/C14H10F2N2O2/c1-8(19)9-3-2-4-11(5-9)17-14(20)10-6-12(15)18-13(16)7-10/h2-7H,1H3,(H,17,20). The van der Waals surface area contributed by atoms with Gasteiger partial charge in [-0.15, -0.1) is 0 Å². The molecule has 20 heavy (non-hydrogen) atoms. The van der Waals surface area contributed by atoms with Gasteiger partial charge in [-0.05, 0) is 19.1 Å². The van der Waals surface area contributed by atoms with Crippen LogP contribution in [0.25, 0.3) is 0 Å². The average Bonchev–Trinajstić information content (AvgIpc) is 2.37. The summed E-state index contributed by atoms with van der Waals surface area (Å²) in [5.41, 5.74) is 0.596. The molecule has 4 nitrogen and oxygen atoms in total. The highest BCUT2D eigenvalue weighted by molar-refractivity contribution is 6.05. The summed E-state index contributed by atoms with van der Waals surface area (Å²) < 4.78 is 25.8. The van der Waals surface area contributed by atoms with E-state index in [1.807, 2.05) is 0 Å². The zero-order valence-corrected chi connectivity index (χ0v) is 10.5. The van der Waals surface area contributed by atoms with Crippen molar-refractivity contribution in [3.05, 3.63) is 59.4 Å². The van der Waals surface area contributed by atoms with Gasteiger partial charge in [0.25, 0.3) is 5.91 Å². The van der Waals surface area contributed by atoms with Crippen molar-refractivity contribution in [1.82, 2.24) is 4.98 Å². The van der Waals surface area contributed by atoms with E-state index in [0.29, 0.717) is 11.3 Å². The number of nitrogens with one attached hydrogen (secondary N) is 1. The maximum Gasteiger partial charge on any atom is 0.255 e. The predicted octanol–water partition coefficient (Wildman–Crippen LogP) is 2.81. The fraction of sp³-hybridized carbons (Fsp3) is 0.0714. The van der Waals surface area contributed by atoms with Crippen LogP contribution in [0.3, 0.4) is 0 Å². The van der Waals surface area contributed by atoms with E-state index in [4.69, 9.17) is 0 Å². The minimum absolute atomic E-state index is 0.151. The third-order valence-electron chi connectivity index (χ3n) is 2.55. The fourth-order valence-corrected chi connectivity index (χ4v) is 1.62. The molecule has 0 atom stereocenters. The van der Waals surface area contributed by atoms with E-state index >= 15 is 0 Å². The van der Waals surface area contributed by atoms with Crippen LogP contribution in [-0.2, 0) is 0 Å². The first-order valence-corrected chi connectivity index (χ1v) is 5.71. The molecule has 0 saturated carbocycles. The van der Waals surface area contributed by atoms with Gasteiger partial charge in [0.1, 0.15) is 0 Å². The van der Waals surface area contributed by atoms with Crippen molar-refractivity contribution in [2.75, 3.05) is 5.32 Å². The molecule has 1 aromatic carbocycles. The van der Waals surface area contributed by atoms with Crippen molar-refractivity contribution in [3.63, 3.8) is 0 Å². The molecule has 1 N–H and O–H groups in total. The van der Waals surface area contributed by atoms with Gasteiger partial charge < -0.3 is 5.32 Å². The number of amides is 1. The summed E-state index contributed by atoms with van der Waals surface area (Å²) in [5, 5.41) is 2.46. The lowest BCUT2D eigenvalue weighted by Gasteiger charge is -2.06. The molecule has 0 radical (unpaired) electrons. The molecular formula is C14H10F2N2O2. The molecule has 0 aliphatic heterocycles. The molecule has 0 aliphatic carbocycles. The van der Waals surface area contributed by atoms with Crippen molar-refractivity contribution in [2.24, 2.45) is 0 Å². The summed E-state index contributed by atoms with van der Waals surface area (Å²) in [6, 6.07) is 7.90. The maximum atomic E-state index is 12.9. The second-order valence-electron chi connectivity index (χ2n) is 4.09. The molecular weight excluding hydrogens is 266 g/mol. The Morgan fingerprint density at radius 1 is 1.05 bits per heavy atom. The number of Topliss-reactive ketones (excluding diaryl/α,β-unsaturated/α-hetero) is 1. The van der Waals surface area contributed by atoms with Crippen LogP contribution < -0.4 is 5.32 Å². The van der Waals surface area contributed by atoms with Crippen molar-refractivity contribution < 1.29 is 18.4 Å². The van der Waals surface area contributed by atoms with Gasteiger partial charge >= 0.3 is 0 Å². The lowest BCUT2D eigenvalue weighted by Crippen LogP contribution is -2.13. The van der Waals surface area contributed by atoms with Crippen LogP contribution in [0, 0.1) is 11.9 Å². The molecule has 0 spiro atoms. The number of rotatable bonds is 3. The van der Waals surface area contributed by atoms with Crippen LogP contribution in [0.4, 0.5) is 14.5 Å². The van der Waals surface area contributed by atoms with Gasteiger partial charge in [0.2, 0.25) is 11.9 Å². The number of carbonyl (C=O) groups excluding carboxylic acids is 2. The van der Waals surface area contributed by atoms with Crippen molar-refractivity contribution >= 4 is 17.4 Å². The SMILES string of the molecule is CC(=O)c1cccc(NC(=O)c2cc(F)nc(F)c2)c1. The van der Waals surface area contributed by atoms with Gasteiger partial charge in [-0.25, -0.2) is 0 Å². The quantitative estimate of drug-likeness (QED) is 0.692. The van der Waals surface area contributed by atoms with E-state index < -0.39 is 17.8 Å². The number of halogens is 2. The predicted molar refractivity (Wildman–Crippen MR) is 68.6 cm³/mol. The number of hydrogen-bond donors (Lipinski definition) is 1. The van der Waals surface area contributed by atoms with Crippen LogP contribution in [0.5, 0.6) is 0 Å². The topological polar surface area (TPSA) is 59.1 Å². The number of nitrogens with zero attached hydrogens (tertiary/aromatic N) is 1. The van der Waals surface area contributed by atoms with Crippen LogP contribution >= 0.6 is 0 Å². The van der Waals surface area contributed by atoms with Crippen LogP contribution in [0.1, 0.15) is 27.6 Å². The van der Waals surface area contributed by atoms with Gasteiger partial charge in [0.05, 0.1) is 0 Å². The zero-order valence-electron chi connectivity index (χ0n) is 10.5. The van der Waals surface area contributed by atoms with Gasteiger partial charge in [0, 0.05) is 28.9 Å². The third-order valence-corrected chi connectivity index (χ3v) is 2.55. The van der Waals surface area contributed by atoms with Crippen LogP contribution in [-0.4, -0.2) is 16.7 Å². The summed E-state index contributed by atoms with van der Waals surface area (Å²) in [5.74, 6) is -2.99. The summed E-state index contributed by atoms with van der Waals surface area (Å²) in [4.78, 5) is 26.0. The van der Waals surface area contributed by atoms with Crippen LogP contribution in [0.15, 0.2) is 36.4 Å². The third kappa shape index (κ3) is 3.23. The Balaban J connectivity index is 2.23. The van der Waals surface area contributed by atoms with Crippen LogP contribution in [0.2, 0.25) is 0 Å². The number of hydrogen-bond acceptors (Lipinski definition) is 3. The average molecular weight is 276 g/mol. The number of benzene rings is 1. The summed E-state index contributed by atoms with van der Waals surface area (Å²) >= 11 is 0. The van der Waals surface area contributed by atoms with E-state index in [-0.39, 0.29) is 11.3 Å². The first-order valence-electron chi connectivity index (χ1n) is 5.71. The Bertz CT molecular complexity index is 666. The molecule has 2 rings (SSSR count). The Morgan fingerprint density at radius 2 is 1.70 bits per heavy atom. The molecule has 102 valence electrons. The Morgan fingerprint density at radius 3 is 2.30 bits per heavy atom. The number of anilines is 1. The molecule has 0 fully saturated rings. The summed E-state index contributed by atoms with van der Waals surface area (Å²) in [6.07, 6.45) is 0. The highest BCUT2D eigenvalue weighted by atomic mass is 19.1. The minimum Gasteiger partial charge on any atom is -0.322 e. The molecule has 6 heteroatoms. The molecule has 1 heterocycles. The van der Waals surface area contributed by atoms with Gasteiger partial charge in [0.15, 0.2) is 5.78 Å². The molecule has 0 bridgehead atoms. The fourth-order valence-electron chi connectivity index (χ4n) is 1.62. The zero-order chi connectivity index (χ0) is 14.7. The highest BCUT2D eigenvalue weighted by Gasteiger charge is 2.11. The van der Waals surface area contributed by atoms with Gasteiger partial charge in [-0.1, -0.05) is 12.1 Å². The van der Waals surface area contributed by atoms with E-state index in [2.05, 4.69) is 10.3 Å². The highest BCUT2D eigenvalue weighted by Crippen LogP contribution is 2.13. The number of aromatic nitrogens is 1. The van der Waals surface area contributed by atoms with Gasteiger partial charge in [-0.2, -0.15) is 13.8 Å². The Hall–Kier alpha value is -2.63. The Kier molecular flexibility index (Phi) is 3.84. The first kappa shape index (κ1) is 13.8. The lowest BCUT2D eigenvalue weighted by atomic mass is 10.1. The molecule has 1 amide bonds. The Labute approximate surface area is 113 Å². The second kappa shape index (κ2) is 5.56. The van der Waals surface area contributed by atoms with Crippen molar-refractivity contribution in [1.29, 1.82) is 0 Å². The molecule has 0 unspecified atom stereocenters. The largest absolute Gasteiger partial charge is 0.322 e. The smallest absolute Gasteiger partial charge is 0.255 e. The normalized spacial score (nSPS) is 10.2. The molecule has 2 aromatic rings. The minimum atomic E-state index is -1.08. The molecule has 1 aromatic heterocycles. The monoisotopic (exact) mass is 276 g/mol. The van der Waals surface area contributed by atoms with E-state index in [0.717, 1.165) is 12.1 Å². The van der Waals surface area contributed by atoms with Gasteiger partial charge in [-0.3, -0.25) is 9.59 Å². The lowest BCUT2D eigenvalue weighted by molar-refractivity contribution is 0.101. The van der Waals surface area contributed by atoms with Crippen molar-refractivity contribution in [2.45, 2.75) is 6.92 Å². The van der Waals surface area contributed by atoms with E-state index in [1.54, 1.807) is 18.2 Å². The first-order chi connectivity index (χ1) is 9.45. The summed E-state index contributed by atoms with van der Waals surface area (Å²) in [6.45, 7) is 1.40. The van der Waals surface area contributed by atoms with Crippen molar-refractivity contribution in [3.8, 4) is 0 Å². The van der Waals surface area contributed by atoms with E-state index in [1.165, 1.54) is 13.0 Å². The number of pyridine rings is 1. The second-order valence-corrected chi connectivity index (χ2v) is 4.09. The number of carbonyl (C=O) groups is 2. The molecule has 0 aliphatic rings. The van der Waals surface area contributed by atoms with E-state index in [9.17, 15) is 18.4 Å². The number of ketones is 1. The molecule has 0 saturated heterocycles. The maximum absolute atomic E-state index is 12.9. The summed E-state index contributed by atoms with van der Waals surface area (Å²) in [7, 11) is 0.